The molecule has 0 radical (unpaired) electrons. The molecule has 0 aromatic rings. The van der Waals surface area contributed by atoms with Gasteiger partial charge in [0.15, 0.2) is 0 Å². The van der Waals surface area contributed by atoms with Gasteiger partial charge in [0, 0.05) is 25.6 Å². The standard InChI is InChI=1S/C17H32N2O/c1-13(14-7-5-4-6-8-14)11-16(20)19-10-9-15(18)17(2,3)12-19/h13-15H,4-12,18H2,1-3H3. The second kappa shape index (κ2) is 6.46. The molecule has 1 saturated carbocycles. The predicted octanol–water partition coefficient (Wildman–Crippen LogP) is 3.18. The van der Waals surface area contributed by atoms with Crippen LogP contribution in [0.1, 0.15) is 65.7 Å². The van der Waals surface area contributed by atoms with Crippen LogP contribution in [0.4, 0.5) is 0 Å². The van der Waals surface area contributed by atoms with E-state index in [9.17, 15) is 4.79 Å². The van der Waals surface area contributed by atoms with E-state index in [1.54, 1.807) is 0 Å². The van der Waals surface area contributed by atoms with Crippen LogP contribution in [0.3, 0.4) is 0 Å². The van der Waals surface area contributed by atoms with E-state index in [4.69, 9.17) is 5.73 Å². The van der Waals surface area contributed by atoms with Crippen molar-refractivity contribution in [2.75, 3.05) is 13.1 Å². The molecule has 1 amide bonds. The lowest BCUT2D eigenvalue weighted by molar-refractivity contribution is -0.136. The molecular formula is C17H32N2O. The quantitative estimate of drug-likeness (QED) is 0.863. The zero-order valence-electron chi connectivity index (χ0n) is 13.5. The lowest BCUT2D eigenvalue weighted by Crippen LogP contribution is -2.54. The second-order valence-electron chi connectivity index (χ2n) is 7.78. The summed E-state index contributed by atoms with van der Waals surface area (Å²) in [7, 11) is 0. The maximum Gasteiger partial charge on any atom is 0.222 e. The van der Waals surface area contributed by atoms with Gasteiger partial charge in [0.25, 0.3) is 0 Å². The Bertz CT molecular complexity index is 334. The number of nitrogens with zero attached hydrogens (tertiary/aromatic N) is 1. The van der Waals surface area contributed by atoms with E-state index in [-0.39, 0.29) is 11.5 Å². The molecule has 2 rings (SSSR count). The molecule has 2 fully saturated rings. The highest BCUT2D eigenvalue weighted by Gasteiger charge is 2.35. The molecule has 1 saturated heterocycles. The third kappa shape index (κ3) is 3.75. The number of piperidine rings is 1. The highest BCUT2D eigenvalue weighted by atomic mass is 16.2. The smallest absolute Gasteiger partial charge is 0.222 e. The van der Waals surface area contributed by atoms with Crippen LogP contribution in [-0.2, 0) is 4.79 Å². The molecule has 0 bridgehead atoms. The Hall–Kier alpha value is -0.570. The average molecular weight is 280 g/mol. The van der Waals surface area contributed by atoms with Crippen LogP contribution in [0, 0.1) is 17.3 Å². The number of carbonyl (C=O) groups is 1. The van der Waals surface area contributed by atoms with Crippen molar-refractivity contribution in [3.63, 3.8) is 0 Å². The third-order valence-corrected chi connectivity index (χ3v) is 5.62. The summed E-state index contributed by atoms with van der Waals surface area (Å²) in [5.41, 5.74) is 6.21. The predicted molar refractivity (Wildman–Crippen MR) is 83.3 cm³/mol. The van der Waals surface area contributed by atoms with Gasteiger partial charge in [-0.2, -0.15) is 0 Å². The second-order valence-corrected chi connectivity index (χ2v) is 7.78. The fourth-order valence-electron chi connectivity index (χ4n) is 3.86. The van der Waals surface area contributed by atoms with Crippen molar-refractivity contribution in [2.24, 2.45) is 23.0 Å². The molecule has 3 heteroatoms. The van der Waals surface area contributed by atoms with Crippen molar-refractivity contribution >= 4 is 5.91 Å². The van der Waals surface area contributed by atoms with Crippen molar-refractivity contribution in [2.45, 2.75) is 71.8 Å². The van der Waals surface area contributed by atoms with Crippen molar-refractivity contribution in [3.05, 3.63) is 0 Å². The van der Waals surface area contributed by atoms with Crippen LogP contribution in [0.15, 0.2) is 0 Å². The summed E-state index contributed by atoms with van der Waals surface area (Å²) in [6.07, 6.45) is 8.42. The first-order valence-electron chi connectivity index (χ1n) is 8.43. The molecular weight excluding hydrogens is 248 g/mol. The first-order chi connectivity index (χ1) is 9.40. The van der Waals surface area contributed by atoms with Gasteiger partial charge in [0.2, 0.25) is 5.91 Å². The van der Waals surface area contributed by atoms with Gasteiger partial charge >= 0.3 is 0 Å². The summed E-state index contributed by atoms with van der Waals surface area (Å²) < 4.78 is 0. The summed E-state index contributed by atoms with van der Waals surface area (Å²) in [6.45, 7) is 8.31. The maximum absolute atomic E-state index is 12.5. The van der Waals surface area contributed by atoms with Crippen molar-refractivity contribution in [3.8, 4) is 0 Å². The van der Waals surface area contributed by atoms with Crippen LogP contribution < -0.4 is 5.73 Å². The highest BCUT2D eigenvalue weighted by molar-refractivity contribution is 5.76. The zero-order chi connectivity index (χ0) is 14.8. The minimum absolute atomic E-state index is 0.0575. The van der Waals surface area contributed by atoms with E-state index in [0.29, 0.717) is 11.8 Å². The minimum atomic E-state index is 0.0575. The van der Waals surface area contributed by atoms with Gasteiger partial charge in [0.05, 0.1) is 0 Å². The summed E-state index contributed by atoms with van der Waals surface area (Å²) in [4.78, 5) is 14.6. The van der Waals surface area contributed by atoms with Gasteiger partial charge in [-0.25, -0.2) is 0 Å². The molecule has 116 valence electrons. The van der Waals surface area contributed by atoms with E-state index in [1.165, 1.54) is 32.1 Å². The molecule has 1 heterocycles. The fraction of sp³-hybridized carbons (Fsp3) is 0.941. The zero-order valence-corrected chi connectivity index (χ0v) is 13.5. The topological polar surface area (TPSA) is 46.3 Å². The minimum Gasteiger partial charge on any atom is -0.342 e. The summed E-state index contributed by atoms with van der Waals surface area (Å²) in [5.74, 6) is 1.66. The molecule has 2 N–H and O–H groups in total. The molecule has 3 nitrogen and oxygen atoms in total. The van der Waals surface area contributed by atoms with Gasteiger partial charge in [-0.1, -0.05) is 52.9 Å². The van der Waals surface area contributed by atoms with Crippen molar-refractivity contribution < 1.29 is 4.79 Å². The Morgan fingerprint density at radius 1 is 1.25 bits per heavy atom. The number of hydrogen-bond donors (Lipinski definition) is 1. The van der Waals surface area contributed by atoms with Gasteiger partial charge in [-0.05, 0) is 23.7 Å². The molecule has 0 aromatic carbocycles. The SMILES string of the molecule is CC(CC(=O)N1CCC(N)C(C)(C)C1)C1CCCCC1. The lowest BCUT2D eigenvalue weighted by Gasteiger charge is -2.43. The summed E-state index contributed by atoms with van der Waals surface area (Å²) >= 11 is 0. The van der Waals surface area contributed by atoms with Crippen LogP contribution in [0.25, 0.3) is 0 Å². The number of carbonyl (C=O) groups excluding carboxylic acids is 1. The molecule has 2 atom stereocenters. The normalized spacial score (nSPS) is 29.2. The van der Waals surface area contributed by atoms with E-state index >= 15 is 0 Å². The van der Waals surface area contributed by atoms with E-state index in [2.05, 4.69) is 25.7 Å². The van der Waals surface area contributed by atoms with Gasteiger partial charge < -0.3 is 10.6 Å². The maximum atomic E-state index is 12.5. The van der Waals surface area contributed by atoms with Crippen LogP contribution in [-0.4, -0.2) is 29.9 Å². The molecule has 20 heavy (non-hydrogen) atoms. The molecule has 2 unspecified atom stereocenters. The van der Waals surface area contributed by atoms with Gasteiger partial charge in [-0.3, -0.25) is 4.79 Å². The highest BCUT2D eigenvalue weighted by Crippen LogP contribution is 2.33. The number of nitrogens with two attached hydrogens (primary N) is 1. The summed E-state index contributed by atoms with van der Waals surface area (Å²) in [6, 6.07) is 0.224. The molecule has 0 aromatic heterocycles. The number of hydrogen-bond acceptors (Lipinski definition) is 2. The van der Waals surface area contributed by atoms with E-state index in [1.807, 2.05) is 0 Å². The van der Waals surface area contributed by atoms with Crippen molar-refractivity contribution in [1.82, 2.24) is 4.90 Å². The monoisotopic (exact) mass is 280 g/mol. The Balaban J connectivity index is 1.85. The average Bonchev–Trinajstić information content (AvgIpc) is 2.42. The number of amides is 1. The Morgan fingerprint density at radius 3 is 2.50 bits per heavy atom. The number of likely N-dealkylation sites (tertiary alicyclic amines) is 1. The molecule has 0 spiro atoms. The summed E-state index contributed by atoms with van der Waals surface area (Å²) in [5, 5.41) is 0. The van der Waals surface area contributed by atoms with Crippen LogP contribution in [0.2, 0.25) is 0 Å². The van der Waals surface area contributed by atoms with E-state index in [0.717, 1.165) is 31.8 Å². The Morgan fingerprint density at radius 2 is 1.90 bits per heavy atom. The first-order valence-corrected chi connectivity index (χ1v) is 8.43. The third-order valence-electron chi connectivity index (χ3n) is 5.62. The van der Waals surface area contributed by atoms with Gasteiger partial charge in [0.1, 0.15) is 0 Å². The van der Waals surface area contributed by atoms with Crippen LogP contribution in [0.5, 0.6) is 0 Å². The lowest BCUT2D eigenvalue weighted by atomic mass is 9.78. The van der Waals surface area contributed by atoms with Gasteiger partial charge in [-0.15, -0.1) is 0 Å². The molecule has 1 aliphatic carbocycles. The molecule has 1 aliphatic heterocycles. The Kier molecular flexibility index (Phi) is 5.11. The fourth-order valence-corrected chi connectivity index (χ4v) is 3.86. The largest absolute Gasteiger partial charge is 0.342 e. The van der Waals surface area contributed by atoms with E-state index < -0.39 is 0 Å². The number of rotatable bonds is 3. The molecule has 2 aliphatic rings. The Labute approximate surface area is 124 Å². The van der Waals surface area contributed by atoms with Crippen molar-refractivity contribution in [1.29, 1.82) is 0 Å². The first kappa shape index (κ1) is 15.8. The van der Waals surface area contributed by atoms with Crippen LogP contribution >= 0.6 is 0 Å².